The van der Waals surface area contributed by atoms with E-state index in [1.54, 1.807) is 6.26 Å². The van der Waals surface area contributed by atoms with Crippen LogP contribution in [0.5, 0.6) is 0 Å². The maximum atomic E-state index is 11.7. The van der Waals surface area contributed by atoms with Crippen molar-refractivity contribution in [3.63, 3.8) is 0 Å². The molecule has 1 aliphatic heterocycles. The fourth-order valence-corrected chi connectivity index (χ4v) is 1.97. The number of rotatable bonds is 4. The molecule has 0 unspecified atom stereocenters. The Kier molecular flexibility index (Phi) is 4.17. The van der Waals surface area contributed by atoms with Gasteiger partial charge < -0.3 is 15.5 Å². The Morgan fingerprint density at radius 3 is 2.94 bits per heavy atom. The highest BCUT2D eigenvalue weighted by Crippen LogP contribution is 2.07. The van der Waals surface area contributed by atoms with Crippen LogP contribution in [-0.2, 0) is 11.3 Å². The standard InChI is InChI=1S/C12H19N3O2/c13-10-3-5-15(6-4-10)9-12(16)14-8-11-2-1-7-17-11/h1-2,7,10H,3-6,8-9,13H2,(H,14,16). The van der Waals surface area contributed by atoms with Crippen molar-refractivity contribution in [1.82, 2.24) is 10.2 Å². The molecule has 1 fully saturated rings. The molecule has 0 saturated carbocycles. The number of amides is 1. The van der Waals surface area contributed by atoms with Crippen LogP contribution in [0.25, 0.3) is 0 Å². The SMILES string of the molecule is NC1CCN(CC(=O)NCc2ccco2)CC1. The monoisotopic (exact) mass is 237 g/mol. The third kappa shape index (κ3) is 3.87. The largest absolute Gasteiger partial charge is 0.467 e. The van der Waals surface area contributed by atoms with Gasteiger partial charge >= 0.3 is 0 Å². The molecule has 0 aromatic carbocycles. The molecular weight excluding hydrogens is 218 g/mol. The second kappa shape index (κ2) is 5.84. The van der Waals surface area contributed by atoms with Gasteiger partial charge in [-0.05, 0) is 25.0 Å². The number of hydrogen-bond acceptors (Lipinski definition) is 4. The Bertz CT molecular complexity index is 343. The Hall–Kier alpha value is -1.33. The van der Waals surface area contributed by atoms with Gasteiger partial charge in [-0.25, -0.2) is 0 Å². The molecule has 1 saturated heterocycles. The molecule has 94 valence electrons. The van der Waals surface area contributed by atoms with Crippen molar-refractivity contribution in [2.45, 2.75) is 25.4 Å². The summed E-state index contributed by atoms with van der Waals surface area (Å²) >= 11 is 0. The fourth-order valence-electron chi connectivity index (χ4n) is 1.97. The molecule has 0 radical (unpaired) electrons. The second-order valence-corrected chi connectivity index (χ2v) is 4.47. The number of carbonyl (C=O) groups excluding carboxylic acids is 1. The first-order valence-corrected chi connectivity index (χ1v) is 6.01. The van der Waals surface area contributed by atoms with Crippen molar-refractivity contribution in [2.75, 3.05) is 19.6 Å². The highest BCUT2D eigenvalue weighted by molar-refractivity contribution is 5.77. The van der Waals surface area contributed by atoms with E-state index in [1.807, 2.05) is 12.1 Å². The summed E-state index contributed by atoms with van der Waals surface area (Å²) in [6, 6.07) is 3.96. The van der Waals surface area contributed by atoms with Crippen molar-refractivity contribution in [2.24, 2.45) is 5.73 Å². The molecule has 17 heavy (non-hydrogen) atoms. The van der Waals surface area contributed by atoms with Crippen LogP contribution in [0.2, 0.25) is 0 Å². The quantitative estimate of drug-likeness (QED) is 0.791. The molecule has 5 nitrogen and oxygen atoms in total. The first kappa shape index (κ1) is 12.1. The first-order valence-electron chi connectivity index (χ1n) is 6.01. The highest BCUT2D eigenvalue weighted by atomic mass is 16.3. The van der Waals surface area contributed by atoms with Crippen LogP contribution in [0.4, 0.5) is 0 Å². The van der Waals surface area contributed by atoms with Crippen LogP contribution < -0.4 is 11.1 Å². The topological polar surface area (TPSA) is 71.5 Å². The molecule has 5 heteroatoms. The molecule has 1 aromatic rings. The molecule has 0 aliphatic carbocycles. The third-order valence-corrected chi connectivity index (χ3v) is 3.04. The van der Waals surface area contributed by atoms with Crippen LogP contribution in [0.15, 0.2) is 22.8 Å². The van der Waals surface area contributed by atoms with Gasteiger partial charge in [0.15, 0.2) is 0 Å². The van der Waals surface area contributed by atoms with E-state index in [2.05, 4.69) is 10.2 Å². The van der Waals surface area contributed by atoms with Crippen molar-refractivity contribution in [1.29, 1.82) is 0 Å². The molecule has 1 amide bonds. The normalized spacial score (nSPS) is 18.2. The summed E-state index contributed by atoms with van der Waals surface area (Å²) < 4.78 is 5.14. The van der Waals surface area contributed by atoms with E-state index in [0.717, 1.165) is 31.7 Å². The van der Waals surface area contributed by atoms with Crippen molar-refractivity contribution in [3.05, 3.63) is 24.2 Å². The van der Waals surface area contributed by atoms with E-state index in [0.29, 0.717) is 19.1 Å². The summed E-state index contributed by atoms with van der Waals surface area (Å²) in [7, 11) is 0. The number of carbonyl (C=O) groups is 1. The van der Waals surface area contributed by atoms with Crippen molar-refractivity contribution < 1.29 is 9.21 Å². The maximum Gasteiger partial charge on any atom is 0.234 e. The van der Waals surface area contributed by atoms with Gasteiger partial charge in [0.05, 0.1) is 19.4 Å². The Balaban J connectivity index is 1.67. The Morgan fingerprint density at radius 2 is 2.29 bits per heavy atom. The molecule has 0 bridgehead atoms. The smallest absolute Gasteiger partial charge is 0.234 e. The number of nitrogens with one attached hydrogen (secondary N) is 1. The Morgan fingerprint density at radius 1 is 1.53 bits per heavy atom. The zero-order valence-electron chi connectivity index (χ0n) is 9.89. The lowest BCUT2D eigenvalue weighted by Gasteiger charge is -2.29. The lowest BCUT2D eigenvalue weighted by molar-refractivity contribution is -0.122. The van der Waals surface area contributed by atoms with E-state index >= 15 is 0 Å². The number of nitrogens with zero attached hydrogens (tertiary/aromatic N) is 1. The van der Waals surface area contributed by atoms with Crippen LogP contribution in [-0.4, -0.2) is 36.5 Å². The number of nitrogens with two attached hydrogens (primary N) is 1. The third-order valence-electron chi connectivity index (χ3n) is 3.04. The lowest BCUT2D eigenvalue weighted by Crippen LogP contribution is -2.44. The zero-order chi connectivity index (χ0) is 12.1. The van der Waals surface area contributed by atoms with E-state index in [-0.39, 0.29) is 5.91 Å². The molecular formula is C12H19N3O2. The van der Waals surface area contributed by atoms with Gasteiger partial charge in [0.1, 0.15) is 5.76 Å². The molecule has 0 spiro atoms. The minimum Gasteiger partial charge on any atom is -0.467 e. The van der Waals surface area contributed by atoms with E-state index in [4.69, 9.17) is 10.2 Å². The van der Waals surface area contributed by atoms with E-state index in [9.17, 15) is 4.79 Å². The summed E-state index contributed by atoms with van der Waals surface area (Å²) in [6.07, 6.45) is 3.56. The Labute approximate surface area is 101 Å². The minimum absolute atomic E-state index is 0.0388. The summed E-state index contributed by atoms with van der Waals surface area (Å²) in [5, 5.41) is 2.84. The van der Waals surface area contributed by atoms with Crippen molar-refractivity contribution in [3.8, 4) is 0 Å². The lowest BCUT2D eigenvalue weighted by atomic mass is 10.1. The second-order valence-electron chi connectivity index (χ2n) is 4.47. The van der Waals surface area contributed by atoms with Gasteiger partial charge in [0.2, 0.25) is 5.91 Å². The molecule has 2 heterocycles. The van der Waals surface area contributed by atoms with Gasteiger partial charge in [-0.3, -0.25) is 9.69 Å². The number of piperidine rings is 1. The van der Waals surface area contributed by atoms with Crippen LogP contribution in [0.3, 0.4) is 0 Å². The molecule has 3 N–H and O–H groups in total. The van der Waals surface area contributed by atoms with Gasteiger partial charge in [-0.15, -0.1) is 0 Å². The predicted octanol–water partition coefficient (Wildman–Crippen LogP) is 0.319. The number of hydrogen-bond donors (Lipinski definition) is 2. The van der Waals surface area contributed by atoms with E-state index in [1.165, 1.54) is 0 Å². The van der Waals surface area contributed by atoms with Gasteiger partial charge in [0.25, 0.3) is 0 Å². The van der Waals surface area contributed by atoms with E-state index < -0.39 is 0 Å². The molecule has 2 rings (SSSR count). The van der Waals surface area contributed by atoms with Crippen LogP contribution >= 0.6 is 0 Å². The minimum atomic E-state index is 0.0388. The number of furan rings is 1. The van der Waals surface area contributed by atoms with Crippen LogP contribution in [0.1, 0.15) is 18.6 Å². The fraction of sp³-hybridized carbons (Fsp3) is 0.583. The van der Waals surface area contributed by atoms with Crippen molar-refractivity contribution >= 4 is 5.91 Å². The predicted molar refractivity (Wildman–Crippen MR) is 64.2 cm³/mol. The average molecular weight is 237 g/mol. The average Bonchev–Trinajstić information content (AvgIpc) is 2.83. The van der Waals surface area contributed by atoms with Gasteiger partial charge in [-0.1, -0.05) is 0 Å². The summed E-state index contributed by atoms with van der Waals surface area (Å²) in [4.78, 5) is 13.8. The highest BCUT2D eigenvalue weighted by Gasteiger charge is 2.17. The van der Waals surface area contributed by atoms with Crippen LogP contribution in [0, 0.1) is 0 Å². The molecule has 1 aliphatic rings. The summed E-state index contributed by atoms with van der Waals surface area (Å²) in [6.45, 7) is 2.73. The molecule has 0 atom stereocenters. The summed E-state index contributed by atoms with van der Waals surface area (Å²) in [5.74, 6) is 0.816. The summed E-state index contributed by atoms with van der Waals surface area (Å²) in [5.41, 5.74) is 5.81. The zero-order valence-corrected chi connectivity index (χ0v) is 9.89. The maximum absolute atomic E-state index is 11.7. The molecule has 1 aromatic heterocycles. The van der Waals surface area contributed by atoms with Gasteiger partial charge in [-0.2, -0.15) is 0 Å². The van der Waals surface area contributed by atoms with Gasteiger partial charge in [0, 0.05) is 19.1 Å². The first-order chi connectivity index (χ1) is 8.24. The number of likely N-dealkylation sites (tertiary alicyclic amines) is 1.